The van der Waals surface area contributed by atoms with Crippen molar-refractivity contribution < 1.29 is 9.59 Å². The van der Waals surface area contributed by atoms with E-state index >= 15 is 0 Å². The van der Waals surface area contributed by atoms with Crippen LogP contribution in [0.2, 0.25) is 0 Å². The lowest BCUT2D eigenvalue weighted by molar-refractivity contribution is -0.153. The van der Waals surface area contributed by atoms with E-state index in [0.29, 0.717) is 6.54 Å². The highest BCUT2D eigenvalue weighted by Crippen LogP contribution is 2.48. The number of nitrogens with zero attached hydrogens (tertiary/aromatic N) is 2. The number of carbonyl (C=O) groups is 2. The van der Waals surface area contributed by atoms with Gasteiger partial charge in [0.15, 0.2) is 0 Å². The van der Waals surface area contributed by atoms with Gasteiger partial charge in [-0.05, 0) is 31.9 Å². The second kappa shape index (κ2) is 3.90. The number of rotatable bonds is 3. The number of thioether (sulfide) groups is 1. The standard InChI is InChI=1S/C12H18N2O2S/c1-17-12(4-5-12)8-13-7-10(15)14-6-2-3-9(14)11(13)16/h9H,2-8H2,1H3. The van der Waals surface area contributed by atoms with Gasteiger partial charge >= 0.3 is 0 Å². The summed E-state index contributed by atoms with van der Waals surface area (Å²) in [5.74, 6) is 0.325. The van der Waals surface area contributed by atoms with Crippen molar-refractivity contribution in [2.24, 2.45) is 0 Å². The molecule has 0 aromatic heterocycles. The molecule has 17 heavy (non-hydrogen) atoms. The van der Waals surface area contributed by atoms with Crippen LogP contribution in [0.4, 0.5) is 0 Å². The van der Waals surface area contributed by atoms with Crippen LogP contribution in [0.5, 0.6) is 0 Å². The van der Waals surface area contributed by atoms with E-state index in [1.54, 1.807) is 9.80 Å². The molecule has 1 atom stereocenters. The molecule has 1 aliphatic carbocycles. The zero-order valence-electron chi connectivity index (χ0n) is 10.1. The van der Waals surface area contributed by atoms with Gasteiger partial charge in [-0.1, -0.05) is 0 Å². The van der Waals surface area contributed by atoms with Crippen LogP contribution in [0.1, 0.15) is 25.7 Å². The Bertz CT molecular complexity index is 368. The lowest BCUT2D eigenvalue weighted by Crippen LogP contribution is -2.58. The number of fused-ring (bicyclic) bond motifs is 1. The maximum Gasteiger partial charge on any atom is 0.245 e. The van der Waals surface area contributed by atoms with Crippen LogP contribution in [0.25, 0.3) is 0 Å². The molecule has 0 spiro atoms. The van der Waals surface area contributed by atoms with Crippen LogP contribution in [0, 0.1) is 0 Å². The Kier molecular flexibility index (Phi) is 2.61. The Hall–Kier alpha value is -0.710. The van der Waals surface area contributed by atoms with Gasteiger partial charge in [0.25, 0.3) is 0 Å². The highest BCUT2D eigenvalue weighted by molar-refractivity contribution is 8.00. The summed E-state index contributed by atoms with van der Waals surface area (Å²) in [6, 6.07) is -0.145. The summed E-state index contributed by atoms with van der Waals surface area (Å²) in [5, 5.41) is 0. The predicted octanol–water partition coefficient (Wildman–Crippen LogP) is 0.715. The first-order chi connectivity index (χ1) is 8.15. The summed E-state index contributed by atoms with van der Waals surface area (Å²) in [5.41, 5.74) is 0. The molecule has 0 radical (unpaired) electrons. The fourth-order valence-electron chi connectivity index (χ4n) is 2.91. The average Bonchev–Trinajstić information content (AvgIpc) is 2.91. The molecule has 0 aromatic carbocycles. The third kappa shape index (κ3) is 1.84. The Morgan fingerprint density at radius 2 is 2.18 bits per heavy atom. The van der Waals surface area contributed by atoms with Crippen molar-refractivity contribution in [1.82, 2.24) is 9.80 Å². The average molecular weight is 254 g/mol. The van der Waals surface area contributed by atoms with Crippen molar-refractivity contribution in [1.29, 1.82) is 0 Å². The SMILES string of the molecule is CSC1(CN2CC(=O)N3CCCC3C2=O)CC1. The van der Waals surface area contributed by atoms with Gasteiger partial charge in [-0.3, -0.25) is 9.59 Å². The molecule has 5 heteroatoms. The highest BCUT2D eigenvalue weighted by atomic mass is 32.2. The van der Waals surface area contributed by atoms with Crippen molar-refractivity contribution in [3.63, 3.8) is 0 Å². The highest BCUT2D eigenvalue weighted by Gasteiger charge is 2.48. The molecule has 0 bridgehead atoms. The Balaban J connectivity index is 1.73. The minimum Gasteiger partial charge on any atom is -0.330 e. The smallest absolute Gasteiger partial charge is 0.245 e. The second-order valence-electron chi connectivity index (χ2n) is 5.33. The van der Waals surface area contributed by atoms with Crippen molar-refractivity contribution in [2.45, 2.75) is 36.5 Å². The topological polar surface area (TPSA) is 40.6 Å². The van der Waals surface area contributed by atoms with E-state index in [9.17, 15) is 9.59 Å². The minimum atomic E-state index is -0.145. The molecular formula is C12H18N2O2S. The maximum atomic E-state index is 12.3. The summed E-state index contributed by atoms with van der Waals surface area (Å²) in [7, 11) is 0. The largest absolute Gasteiger partial charge is 0.330 e. The third-order valence-corrected chi connectivity index (χ3v) is 5.62. The predicted molar refractivity (Wildman–Crippen MR) is 66.8 cm³/mol. The van der Waals surface area contributed by atoms with Gasteiger partial charge in [0.1, 0.15) is 6.04 Å². The molecule has 94 valence electrons. The molecule has 3 fully saturated rings. The minimum absolute atomic E-state index is 0.143. The molecule has 3 aliphatic rings. The number of amides is 2. The lowest BCUT2D eigenvalue weighted by atomic mass is 10.1. The lowest BCUT2D eigenvalue weighted by Gasteiger charge is -2.37. The van der Waals surface area contributed by atoms with Crippen molar-refractivity contribution in [3.8, 4) is 0 Å². The Morgan fingerprint density at radius 1 is 1.41 bits per heavy atom. The maximum absolute atomic E-state index is 12.3. The first kappa shape index (κ1) is 11.4. The normalized spacial score (nSPS) is 30.8. The zero-order valence-corrected chi connectivity index (χ0v) is 11.0. The van der Waals surface area contributed by atoms with Crippen molar-refractivity contribution >= 4 is 23.6 Å². The Morgan fingerprint density at radius 3 is 2.82 bits per heavy atom. The Labute approximate surface area is 106 Å². The summed E-state index contributed by atoms with van der Waals surface area (Å²) in [6.07, 6.45) is 6.29. The summed E-state index contributed by atoms with van der Waals surface area (Å²) < 4.78 is 0.261. The number of hydrogen-bond donors (Lipinski definition) is 0. The van der Waals surface area contributed by atoms with E-state index in [-0.39, 0.29) is 22.6 Å². The molecular weight excluding hydrogens is 236 g/mol. The van der Waals surface area contributed by atoms with Gasteiger partial charge in [0, 0.05) is 17.8 Å². The zero-order chi connectivity index (χ0) is 12.0. The number of piperazine rings is 1. The molecule has 0 aromatic rings. The van der Waals surface area contributed by atoms with Crippen molar-refractivity contribution in [2.75, 3.05) is 25.9 Å². The van der Waals surface area contributed by atoms with E-state index < -0.39 is 0 Å². The van der Waals surface area contributed by atoms with Gasteiger partial charge in [-0.25, -0.2) is 0 Å². The second-order valence-corrected chi connectivity index (χ2v) is 6.60. The quantitative estimate of drug-likeness (QED) is 0.745. The van der Waals surface area contributed by atoms with Gasteiger partial charge in [0.2, 0.25) is 11.8 Å². The fourth-order valence-corrected chi connectivity index (χ4v) is 3.71. The molecule has 2 aliphatic heterocycles. The molecule has 3 rings (SSSR count). The molecule has 4 nitrogen and oxygen atoms in total. The van der Waals surface area contributed by atoms with E-state index in [1.807, 2.05) is 11.8 Å². The molecule has 2 heterocycles. The molecule has 1 unspecified atom stereocenters. The number of hydrogen-bond acceptors (Lipinski definition) is 3. The summed E-state index contributed by atoms with van der Waals surface area (Å²) in [6.45, 7) is 1.84. The molecule has 0 N–H and O–H groups in total. The van der Waals surface area contributed by atoms with Gasteiger partial charge in [-0.2, -0.15) is 11.8 Å². The monoisotopic (exact) mass is 254 g/mol. The van der Waals surface area contributed by atoms with Crippen LogP contribution in [0.3, 0.4) is 0 Å². The first-order valence-electron chi connectivity index (χ1n) is 6.29. The fraction of sp³-hybridized carbons (Fsp3) is 0.833. The van der Waals surface area contributed by atoms with Crippen LogP contribution in [0.15, 0.2) is 0 Å². The van der Waals surface area contributed by atoms with E-state index in [0.717, 1.165) is 25.9 Å². The molecule has 2 saturated heterocycles. The van der Waals surface area contributed by atoms with Crippen LogP contribution >= 0.6 is 11.8 Å². The van der Waals surface area contributed by atoms with Gasteiger partial charge < -0.3 is 9.80 Å². The van der Waals surface area contributed by atoms with Crippen LogP contribution in [-0.4, -0.2) is 58.3 Å². The number of carbonyl (C=O) groups excluding carboxylic acids is 2. The van der Waals surface area contributed by atoms with E-state index in [1.165, 1.54) is 12.8 Å². The third-order valence-electron chi connectivity index (χ3n) is 4.22. The van der Waals surface area contributed by atoms with Crippen LogP contribution in [-0.2, 0) is 9.59 Å². The van der Waals surface area contributed by atoms with Crippen LogP contribution < -0.4 is 0 Å². The molecule has 1 saturated carbocycles. The summed E-state index contributed by atoms with van der Waals surface area (Å²) in [4.78, 5) is 27.8. The van der Waals surface area contributed by atoms with Crippen molar-refractivity contribution in [3.05, 3.63) is 0 Å². The summed E-state index contributed by atoms with van der Waals surface area (Å²) >= 11 is 1.84. The van der Waals surface area contributed by atoms with Gasteiger partial charge in [-0.15, -0.1) is 0 Å². The first-order valence-corrected chi connectivity index (χ1v) is 7.51. The van der Waals surface area contributed by atoms with E-state index in [2.05, 4.69) is 6.26 Å². The van der Waals surface area contributed by atoms with E-state index in [4.69, 9.17) is 0 Å². The van der Waals surface area contributed by atoms with Gasteiger partial charge in [0.05, 0.1) is 6.54 Å². The molecule has 2 amide bonds.